The number of likely N-dealkylation sites (tertiary alicyclic amines) is 1. The van der Waals surface area contributed by atoms with Gasteiger partial charge in [0.25, 0.3) is 0 Å². The normalized spacial score (nSPS) is 20.6. The molecule has 0 radical (unpaired) electrons. The minimum Gasteiger partial charge on any atom is -0.508 e. The van der Waals surface area contributed by atoms with Gasteiger partial charge in [0, 0.05) is 23.6 Å². The van der Waals surface area contributed by atoms with Gasteiger partial charge in [-0.15, -0.1) is 0 Å². The summed E-state index contributed by atoms with van der Waals surface area (Å²) in [6.45, 7) is 8.01. The Hall–Kier alpha value is -2.74. The lowest BCUT2D eigenvalue weighted by Gasteiger charge is -2.35. The highest BCUT2D eigenvalue weighted by molar-refractivity contribution is 7.91. The van der Waals surface area contributed by atoms with E-state index in [4.69, 9.17) is 9.47 Å². The number of piperidine rings is 1. The van der Waals surface area contributed by atoms with Gasteiger partial charge in [0.2, 0.25) is 9.84 Å². The molecule has 1 amide bonds. The molecule has 1 fully saturated rings. The second kappa shape index (κ2) is 7.44. The van der Waals surface area contributed by atoms with Crippen LogP contribution < -0.4 is 4.74 Å². The minimum atomic E-state index is -3.82. The Morgan fingerprint density at radius 1 is 1.23 bits per heavy atom. The first-order valence-corrected chi connectivity index (χ1v) is 11.8. The van der Waals surface area contributed by atoms with E-state index < -0.39 is 15.4 Å². The molecule has 0 spiro atoms. The average molecular weight is 446 g/mol. The summed E-state index contributed by atoms with van der Waals surface area (Å²) < 4.78 is 37.9. The standard InChI is InChI=1S/C23H27NO6S/c1-14-18(25)6-5-7-21(14)31(27,28)15-8-9-16-17-10-11-24(22(26)30-23(2,3)4)13-20(17)29-19(16)12-15/h5-9,12,17,20,25H,10-11,13H2,1-4H3. The molecule has 8 heteroatoms. The number of carbonyl (C=O) groups is 1. The maximum atomic E-state index is 13.2. The number of hydrogen-bond acceptors (Lipinski definition) is 6. The van der Waals surface area contributed by atoms with Gasteiger partial charge in [-0.25, -0.2) is 13.2 Å². The summed E-state index contributed by atoms with van der Waals surface area (Å²) in [6, 6.07) is 9.39. The van der Waals surface area contributed by atoms with Gasteiger partial charge >= 0.3 is 6.09 Å². The summed E-state index contributed by atoms with van der Waals surface area (Å²) in [5.74, 6) is 0.569. The van der Waals surface area contributed by atoms with Crippen LogP contribution in [0.2, 0.25) is 0 Å². The number of benzene rings is 2. The molecule has 2 atom stereocenters. The molecule has 7 nitrogen and oxygen atoms in total. The zero-order valence-electron chi connectivity index (χ0n) is 18.1. The number of hydrogen-bond donors (Lipinski definition) is 1. The molecule has 0 aromatic heterocycles. The number of phenolic OH excluding ortho intramolecular Hbond substituents is 1. The van der Waals surface area contributed by atoms with E-state index in [0.29, 0.717) is 30.8 Å². The van der Waals surface area contributed by atoms with Crippen LogP contribution in [0.1, 0.15) is 44.2 Å². The number of fused-ring (bicyclic) bond motifs is 3. The van der Waals surface area contributed by atoms with Gasteiger partial charge in [0.1, 0.15) is 23.2 Å². The highest BCUT2D eigenvalue weighted by Gasteiger charge is 2.41. The molecule has 0 saturated carbocycles. The molecular weight excluding hydrogens is 418 g/mol. The van der Waals surface area contributed by atoms with Crippen LogP contribution in [-0.2, 0) is 14.6 Å². The Balaban J connectivity index is 1.57. The van der Waals surface area contributed by atoms with Gasteiger partial charge in [-0.1, -0.05) is 12.1 Å². The van der Waals surface area contributed by atoms with Gasteiger partial charge in [-0.05, 0) is 58.4 Å². The first kappa shape index (κ1) is 21.5. The Morgan fingerprint density at radius 2 is 1.97 bits per heavy atom. The molecule has 2 aliphatic rings. The highest BCUT2D eigenvalue weighted by atomic mass is 32.2. The number of ether oxygens (including phenoxy) is 2. The highest BCUT2D eigenvalue weighted by Crippen LogP contribution is 2.44. The van der Waals surface area contributed by atoms with E-state index in [1.807, 2.05) is 20.8 Å². The second-order valence-corrected chi connectivity index (χ2v) is 11.0. The topological polar surface area (TPSA) is 93.1 Å². The Bertz CT molecular complexity index is 1140. The number of sulfone groups is 1. The van der Waals surface area contributed by atoms with E-state index in [1.54, 1.807) is 30.0 Å². The third-order valence-electron chi connectivity index (χ3n) is 5.73. The average Bonchev–Trinajstić information content (AvgIpc) is 3.05. The van der Waals surface area contributed by atoms with Crippen LogP contribution in [0.15, 0.2) is 46.2 Å². The van der Waals surface area contributed by atoms with E-state index in [1.165, 1.54) is 18.2 Å². The molecule has 31 heavy (non-hydrogen) atoms. The molecule has 2 heterocycles. The van der Waals surface area contributed by atoms with Gasteiger partial charge in [-0.2, -0.15) is 0 Å². The van der Waals surface area contributed by atoms with Gasteiger partial charge in [-0.3, -0.25) is 0 Å². The number of rotatable bonds is 2. The van der Waals surface area contributed by atoms with Crippen molar-refractivity contribution in [1.82, 2.24) is 4.90 Å². The van der Waals surface area contributed by atoms with Crippen LogP contribution >= 0.6 is 0 Å². The lowest BCUT2D eigenvalue weighted by atomic mass is 9.89. The number of nitrogens with zero attached hydrogens (tertiary/aromatic N) is 1. The lowest BCUT2D eigenvalue weighted by molar-refractivity contribution is 0.00788. The third-order valence-corrected chi connectivity index (χ3v) is 7.62. The molecule has 0 aliphatic carbocycles. The Morgan fingerprint density at radius 3 is 2.68 bits per heavy atom. The predicted octanol–water partition coefficient (Wildman–Crippen LogP) is 4.02. The Kier molecular flexibility index (Phi) is 5.16. The van der Waals surface area contributed by atoms with Crippen molar-refractivity contribution in [1.29, 1.82) is 0 Å². The van der Waals surface area contributed by atoms with Crippen molar-refractivity contribution in [2.75, 3.05) is 13.1 Å². The molecular formula is C23H27NO6S. The van der Waals surface area contributed by atoms with E-state index >= 15 is 0 Å². The van der Waals surface area contributed by atoms with Crippen molar-refractivity contribution in [2.45, 2.75) is 61.5 Å². The fourth-order valence-electron chi connectivity index (χ4n) is 4.16. The van der Waals surface area contributed by atoms with Crippen LogP contribution in [0.4, 0.5) is 4.79 Å². The third kappa shape index (κ3) is 3.96. The SMILES string of the molecule is Cc1c(O)cccc1S(=O)(=O)c1ccc2c(c1)OC1CN(C(=O)OC(C)(C)C)CCC21. The fraction of sp³-hybridized carbons (Fsp3) is 0.435. The predicted molar refractivity (Wildman–Crippen MR) is 114 cm³/mol. The molecule has 0 bridgehead atoms. The zero-order chi connectivity index (χ0) is 22.6. The van der Waals surface area contributed by atoms with Crippen molar-refractivity contribution in [3.05, 3.63) is 47.5 Å². The van der Waals surface area contributed by atoms with Crippen molar-refractivity contribution >= 4 is 15.9 Å². The summed E-state index contributed by atoms with van der Waals surface area (Å²) in [4.78, 5) is 14.3. The van der Waals surface area contributed by atoms with Crippen LogP contribution in [0, 0.1) is 6.92 Å². The van der Waals surface area contributed by atoms with Gasteiger partial charge in [0.05, 0.1) is 16.3 Å². The quantitative estimate of drug-likeness (QED) is 0.751. The fourth-order valence-corrected chi connectivity index (χ4v) is 5.69. The summed E-state index contributed by atoms with van der Waals surface area (Å²) in [5, 5.41) is 9.91. The largest absolute Gasteiger partial charge is 0.508 e. The molecule has 1 N–H and O–H groups in total. The molecule has 4 rings (SSSR count). The monoisotopic (exact) mass is 445 g/mol. The molecule has 166 valence electrons. The number of aromatic hydroxyl groups is 1. The van der Waals surface area contributed by atoms with E-state index in [9.17, 15) is 18.3 Å². The van der Waals surface area contributed by atoms with Crippen molar-refractivity contribution in [2.24, 2.45) is 0 Å². The molecule has 2 unspecified atom stereocenters. The summed E-state index contributed by atoms with van der Waals surface area (Å²) in [6.07, 6.45) is 0.110. The van der Waals surface area contributed by atoms with Crippen LogP contribution in [0.3, 0.4) is 0 Å². The van der Waals surface area contributed by atoms with E-state index in [-0.39, 0.29) is 33.7 Å². The minimum absolute atomic E-state index is 0.0632. The molecule has 2 aromatic carbocycles. The smallest absolute Gasteiger partial charge is 0.410 e. The van der Waals surface area contributed by atoms with Crippen LogP contribution in [0.25, 0.3) is 0 Å². The van der Waals surface area contributed by atoms with Gasteiger partial charge in [0.15, 0.2) is 0 Å². The number of amides is 1. The molecule has 1 saturated heterocycles. The Labute approximate surface area is 182 Å². The maximum Gasteiger partial charge on any atom is 0.410 e. The number of phenols is 1. The first-order valence-electron chi connectivity index (χ1n) is 10.3. The molecule has 2 aromatic rings. The van der Waals surface area contributed by atoms with Crippen molar-refractivity contribution in [3.8, 4) is 11.5 Å². The summed E-state index contributed by atoms with van der Waals surface area (Å²) >= 11 is 0. The van der Waals surface area contributed by atoms with Gasteiger partial charge < -0.3 is 19.5 Å². The lowest BCUT2D eigenvalue weighted by Crippen LogP contribution is -2.47. The number of carbonyl (C=O) groups excluding carboxylic acids is 1. The summed E-state index contributed by atoms with van der Waals surface area (Å²) in [7, 11) is -3.82. The van der Waals surface area contributed by atoms with Crippen LogP contribution in [-0.4, -0.2) is 49.3 Å². The summed E-state index contributed by atoms with van der Waals surface area (Å²) in [5.41, 5.74) is 0.701. The van der Waals surface area contributed by atoms with Crippen LogP contribution in [0.5, 0.6) is 11.5 Å². The second-order valence-electron chi connectivity index (χ2n) is 9.08. The zero-order valence-corrected chi connectivity index (χ0v) is 18.9. The first-order chi connectivity index (χ1) is 14.5. The molecule has 2 aliphatic heterocycles. The van der Waals surface area contributed by atoms with E-state index in [0.717, 1.165) is 5.56 Å². The van der Waals surface area contributed by atoms with Crippen molar-refractivity contribution in [3.63, 3.8) is 0 Å². The maximum absolute atomic E-state index is 13.2. The van der Waals surface area contributed by atoms with Crippen molar-refractivity contribution < 1.29 is 27.8 Å². The van der Waals surface area contributed by atoms with E-state index in [2.05, 4.69) is 0 Å².